The maximum atomic E-state index is 11.1. The van der Waals surface area contributed by atoms with E-state index in [0.717, 1.165) is 0 Å². The molecule has 6 heteroatoms. The molecule has 0 aliphatic carbocycles. The van der Waals surface area contributed by atoms with Crippen molar-refractivity contribution in [2.75, 3.05) is 13.4 Å². The standard InChI is InChI=1S/C7H7BrN2O2S/c1-12-6(11)4-3-9-7(13-2)10-5(4)8/h3H,1-2H3. The molecule has 1 rings (SSSR count). The van der Waals surface area contributed by atoms with Crippen LogP contribution in [0.3, 0.4) is 0 Å². The van der Waals surface area contributed by atoms with Gasteiger partial charge in [0.1, 0.15) is 10.2 Å². The molecule has 0 radical (unpaired) electrons. The number of carbonyl (C=O) groups is 1. The largest absolute Gasteiger partial charge is 0.465 e. The molecule has 0 spiro atoms. The van der Waals surface area contributed by atoms with Crippen molar-refractivity contribution in [1.29, 1.82) is 0 Å². The Balaban J connectivity index is 3.05. The number of nitrogens with zero attached hydrogens (tertiary/aromatic N) is 2. The fraction of sp³-hybridized carbons (Fsp3) is 0.286. The van der Waals surface area contributed by atoms with Crippen LogP contribution in [0.2, 0.25) is 0 Å². The first-order valence-electron chi connectivity index (χ1n) is 3.34. The van der Waals surface area contributed by atoms with E-state index in [2.05, 4.69) is 30.6 Å². The summed E-state index contributed by atoms with van der Waals surface area (Å²) in [5.41, 5.74) is 0.334. The predicted octanol–water partition coefficient (Wildman–Crippen LogP) is 1.75. The molecule has 1 aromatic rings. The van der Waals surface area contributed by atoms with E-state index in [9.17, 15) is 4.79 Å². The summed E-state index contributed by atoms with van der Waals surface area (Å²) in [5.74, 6) is -0.445. The van der Waals surface area contributed by atoms with Crippen molar-refractivity contribution in [3.05, 3.63) is 16.4 Å². The quantitative estimate of drug-likeness (QED) is 0.352. The molecule has 0 unspecified atom stereocenters. The molecular formula is C7H7BrN2O2S. The number of rotatable bonds is 2. The van der Waals surface area contributed by atoms with Gasteiger partial charge in [-0.15, -0.1) is 0 Å². The molecule has 4 nitrogen and oxygen atoms in total. The maximum Gasteiger partial charge on any atom is 0.342 e. The summed E-state index contributed by atoms with van der Waals surface area (Å²) < 4.78 is 4.99. The van der Waals surface area contributed by atoms with Crippen molar-refractivity contribution >= 4 is 33.7 Å². The van der Waals surface area contributed by atoms with E-state index >= 15 is 0 Å². The number of thioether (sulfide) groups is 1. The lowest BCUT2D eigenvalue weighted by Gasteiger charge is -2.01. The molecule has 0 bridgehead atoms. The van der Waals surface area contributed by atoms with E-state index in [1.165, 1.54) is 25.1 Å². The van der Waals surface area contributed by atoms with Gasteiger partial charge in [-0.25, -0.2) is 14.8 Å². The lowest BCUT2D eigenvalue weighted by molar-refractivity contribution is 0.0598. The van der Waals surface area contributed by atoms with Crippen LogP contribution >= 0.6 is 27.7 Å². The average Bonchev–Trinajstić information content (AvgIpc) is 2.16. The molecule has 0 fully saturated rings. The van der Waals surface area contributed by atoms with Crippen LogP contribution in [0.4, 0.5) is 0 Å². The second-order valence-electron chi connectivity index (χ2n) is 2.05. The zero-order chi connectivity index (χ0) is 9.84. The van der Waals surface area contributed by atoms with E-state index in [4.69, 9.17) is 0 Å². The van der Waals surface area contributed by atoms with Gasteiger partial charge in [-0.1, -0.05) is 11.8 Å². The van der Waals surface area contributed by atoms with E-state index in [-0.39, 0.29) is 0 Å². The first-order chi connectivity index (χ1) is 6.19. The Morgan fingerprint density at radius 2 is 2.38 bits per heavy atom. The van der Waals surface area contributed by atoms with Crippen molar-refractivity contribution in [2.24, 2.45) is 0 Å². The summed E-state index contributed by atoms with van der Waals surface area (Å²) in [7, 11) is 1.32. The van der Waals surface area contributed by atoms with Crippen molar-refractivity contribution < 1.29 is 9.53 Å². The zero-order valence-electron chi connectivity index (χ0n) is 7.07. The molecule has 0 aliphatic rings. The molecule has 0 N–H and O–H groups in total. The van der Waals surface area contributed by atoms with Crippen LogP contribution in [-0.2, 0) is 4.74 Å². The Morgan fingerprint density at radius 1 is 1.69 bits per heavy atom. The first kappa shape index (κ1) is 10.5. The number of hydrogen-bond donors (Lipinski definition) is 0. The van der Waals surface area contributed by atoms with Gasteiger partial charge in [-0.3, -0.25) is 0 Å². The zero-order valence-corrected chi connectivity index (χ0v) is 9.48. The van der Waals surface area contributed by atoms with Gasteiger partial charge in [-0.05, 0) is 22.2 Å². The molecule has 1 aromatic heterocycles. The molecule has 0 aromatic carbocycles. The summed E-state index contributed by atoms with van der Waals surface area (Å²) in [4.78, 5) is 19.1. The summed E-state index contributed by atoms with van der Waals surface area (Å²) >= 11 is 4.57. The molecule has 70 valence electrons. The lowest BCUT2D eigenvalue weighted by atomic mass is 10.3. The maximum absolute atomic E-state index is 11.1. The van der Waals surface area contributed by atoms with Crippen molar-refractivity contribution in [3.8, 4) is 0 Å². The Bertz CT molecular complexity index is 332. The number of esters is 1. The molecule has 0 aliphatic heterocycles. The van der Waals surface area contributed by atoms with E-state index in [1.54, 1.807) is 0 Å². The van der Waals surface area contributed by atoms with Crippen LogP contribution in [0.25, 0.3) is 0 Å². The van der Waals surface area contributed by atoms with Crippen molar-refractivity contribution in [2.45, 2.75) is 5.16 Å². The van der Waals surface area contributed by atoms with Crippen molar-refractivity contribution in [3.63, 3.8) is 0 Å². The van der Waals surface area contributed by atoms with E-state index in [0.29, 0.717) is 15.3 Å². The number of aromatic nitrogens is 2. The summed E-state index contributed by atoms with van der Waals surface area (Å²) in [5, 5.41) is 0.611. The smallest absolute Gasteiger partial charge is 0.342 e. The minimum Gasteiger partial charge on any atom is -0.465 e. The molecule has 0 atom stereocenters. The average molecular weight is 263 g/mol. The van der Waals surface area contributed by atoms with Crippen LogP contribution < -0.4 is 0 Å². The van der Waals surface area contributed by atoms with Gasteiger partial charge in [0.05, 0.1) is 7.11 Å². The van der Waals surface area contributed by atoms with Crippen LogP contribution in [-0.4, -0.2) is 29.3 Å². The minimum absolute atomic E-state index is 0.334. The fourth-order valence-corrected chi connectivity index (χ4v) is 1.58. The number of halogens is 1. The molecule has 0 saturated carbocycles. The third kappa shape index (κ3) is 2.41. The van der Waals surface area contributed by atoms with Gasteiger partial charge < -0.3 is 4.74 Å². The summed E-state index contributed by atoms with van der Waals surface area (Å²) in [6.45, 7) is 0. The van der Waals surface area contributed by atoms with Gasteiger partial charge in [0.25, 0.3) is 0 Å². The number of methoxy groups -OCH3 is 1. The number of carbonyl (C=O) groups excluding carboxylic acids is 1. The Hall–Kier alpha value is -0.620. The second-order valence-corrected chi connectivity index (χ2v) is 3.58. The van der Waals surface area contributed by atoms with E-state index < -0.39 is 5.97 Å². The summed E-state index contributed by atoms with van der Waals surface area (Å²) in [6.07, 6.45) is 3.30. The van der Waals surface area contributed by atoms with Crippen LogP contribution in [0, 0.1) is 0 Å². The SMILES string of the molecule is COC(=O)c1cnc(SC)nc1Br. The normalized spacial score (nSPS) is 9.77. The second kappa shape index (κ2) is 4.57. The third-order valence-corrected chi connectivity index (χ3v) is 2.47. The predicted molar refractivity (Wildman–Crippen MR) is 52.9 cm³/mol. The molecule has 1 heterocycles. The highest BCUT2D eigenvalue weighted by Gasteiger charge is 2.12. The topological polar surface area (TPSA) is 52.1 Å². The van der Waals surface area contributed by atoms with Gasteiger partial charge >= 0.3 is 5.97 Å². The molecule has 0 amide bonds. The molecule has 0 saturated heterocycles. The van der Waals surface area contributed by atoms with Crippen LogP contribution in [0.5, 0.6) is 0 Å². The molecule has 13 heavy (non-hydrogen) atoms. The van der Waals surface area contributed by atoms with Crippen LogP contribution in [0.1, 0.15) is 10.4 Å². The minimum atomic E-state index is -0.445. The number of ether oxygens (including phenoxy) is 1. The first-order valence-corrected chi connectivity index (χ1v) is 5.35. The Kier molecular flexibility index (Phi) is 3.68. The van der Waals surface area contributed by atoms with Gasteiger partial charge in [-0.2, -0.15) is 0 Å². The molecular weight excluding hydrogens is 256 g/mol. The van der Waals surface area contributed by atoms with Gasteiger partial charge in [0.15, 0.2) is 5.16 Å². The lowest BCUT2D eigenvalue weighted by Crippen LogP contribution is -2.04. The van der Waals surface area contributed by atoms with Crippen LogP contribution in [0.15, 0.2) is 16.0 Å². The van der Waals surface area contributed by atoms with Gasteiger partial charge in [0.2, 0.25) is 0 Å². The van der Waals surface area contributed by atoms with Crippen molar-refractivity contribution in [1.82, 2.24) is 9.97 Å². The fourth-order valence-electron chi connectivity index (χ4n) is 0.691. The van der Waals surface area contributed by atoms with E-state index in [1.807, 2.05) is 6.26 Å². The monoisotopic (exact) mass is 262 g/mol. The highest BCUT2D eigenvalue weighted by Crippen LogP contribution is 2.17. The van der Waals surface area contributed by atoms with Gasteiger partial charge in [0, 0.05) is 6.20 Å². The number of hydrogen-bond acceptors (Lipinski definition) is 5. The highest BCUT2D eigenvalue weighted by molar-refractivity contribution is 9.10. The highest BCUT2D eigenvalue weighted by atomic mass is 79.9. The summed E-state index contributed by atoms with van der Waals surface area (Å²) in [6, 6.07) is 0. The third-order valence-electron chi connectivity index (χ3n) is 1.31. The Morgan fingerprint density at radius 3 is 2.85 bits per heavy atom. The Labute approximate surface area is 88.2 Å².